The zero-order chi connectivity index (χ0) is 13.5. The molecule has 1 N–H and O–H groups in total. The van der Waals surface area contributed by atoms with E-state index in [-0.39, 0.29) is 5.91 Å². The van der Waals surface area contributed by atoms with Gasteiger partial charge in [0.1, 0.15) is 0 Å². The van der Waals surface area contributed by atoms with E-state index < -0.39 is 0 Å². The van der Waals surface area contributed by atoms with Crippen LogP contribution in [0.3, 0.4) is 0 Å². The first-order chi connectivity index (χ1) is 8.49. The highest BCUT2D eigenvalue weighted by atomic mass is 79.9. The molecule has 0 aliphatic heterocycles. The van der Waals surface area contributed by atoms with Crippen molar-refractivity contribution >= 4 is 21.8 Å². The number of hydrogen-bond acceptors (Lipinski definition) is 1. The predicted octanol–water partition coefficient (Wildman–Crippen LogP) is 3.53. The smallest absolute Gasteiger partial charge is 0.224 e. The maximum absolute atomic E-state index is 11.8. The van der Waals surface area contributed by atoms with Crippen LogP contribution in [0, 0.1) is 13.8 Å². The zero-order valence-corrected chi connectivity index (χ0v) is 13.0. The number of carbonyl (C=O) groups excluding carboxylic acids is 1. The van der Waals surface area contributed by atoms with Crippen LogP contribution in [0.5, 0.6) is 0 Å². The maximum Gasteiger partial charge on any atom is 0.224 e. The highest BCUT2D eigenvalue weighted by molar-refractivity contribution is 9.09. The number of carbonyl (C=O) groups is 1. The van der Waals surface area contributed by atoms with Gasteiger partial charge in [0, 0.05) is 11.4 Å². The SMILES string of the molecule is Cc1ccc(C)c(CC(=O)NCCCC(C)Br)c1. The van der Waals surface area contributed by atoms with Gasteiger partial charge in [-0.1, -0.05) is 46.6 Å². The first-order valence-corrected chi connectivity index (χ1v) is 7.37. The molecule has 1 amide bonds. The number of halogens is 1. The number of hydrogen-bond donors (Lipinski definition) is 1. The normalized spacial score (nSPS) is 12.2. The summed E-state index contributed by atoms with van der Waals surface area (Å²) in [6, 6.07) is 6.24. The molecule has 2 nitrogen and oxygen atoms in total. The highest BCUT2D eigenvalue weighted by Crippen LogP contribution is 2.11. The lowest BCUT2D eigenvalue weighted by atomic mass is 10.0. The Labute approximate surface area is 118 Å². The molecule has 0 saturated carbocycles. The molecule has 0 radical (unpaired) electrons. The topological polar surface area (TPSA) is 29.1 Å². The summed E-state index contributed by atoms with van der Waals surface area (Å²) in [6.45, 7) is 6.99. The van der Waals surface area contributed by atoms with Crippen LogP contribution in [0.25, 0.3) is 0 Å². The fourth-order valence-electron chi connectivity index (χ4n) is 1.84. The van der Waals surface area contributed by atoms with E-state index in [0.29, 0.717) is 11.2 Å². The molecule has 1 aromatic rings. The molecule has 100 valence electrons. The molecule has 0 heterocycles. The minimum Gasteiger partial charge on any atom is -0.356 e. The molecule has 3 heteroatoms. The number of nitrogens with one attached hydrogen (secondary N) is 1. The Kier molecular flexibility index (Phi) is 6.41. The minimum absolute atomic E-state index is 0.117. The van der Waals surface area contributed by atoms with Crippen LogP contribution in [-0.2, 0) is 11.2 Å². The highest BCUT2D eigenvalue weighted by Gasteiger charge is 2.06. The van der Waals surface area contributed by atoms with E-state index in [0.717, 1.165) is 24.9 Å². The second-order valence-corrected chi connectivity index (χ2v) is 6.44. The van der Waals surface area contributed by atoms with Crippen LogP contribution >= 0.6 is 15.9 Å². The van der Waals surface area contributed by atoms with Crippen molar-refractivity contribution in [2.45, 2.75) is 44.9 Å². The van der Waals surface area contributed by atoms with Gasteiger partial charge in [-0.25, -0.2) is 0 Å². The zero-order valence-electron chi connectivity index (χ0n) is 11.4. The lowest BCUT2D eigenvalue weighted by Gasteiger charge is -2.09. The Hall–Kier alpha value is -0.830. The van der Waals surface area contributed by atoms with Gasteiger partial charge in [-0.05, 0) is 37.8 Å². The molecule has 1 unspecified atom stereocenters. The van der Waals surface area contributed by atoms with E-state index in [1.165, 1.54) is 11.1 Å². The van der Waals surface area contributed by atoms with Crippen molar-refractivity contribution < 1.29 is 4.79 Å². The summed E-state index contributed by atoms with van der Waals surface area (Å²) in [6.07, 6.45) is 2.59. The van der Waals surface area contributed by atoms with Crippen LogP contribution in [0.2, 0.25) is 0 Å². The Morgan fingerprint density at radius 3 is 2.78 bits per heavy atom. The first-order valence-electron chi connectivity index (χ1n) is 6.46. The van der Waals surface area contributed by atoms with Crippen LogP contribution in [0.4, 0.5) is 0 Å². The van der Waals surface area contributed by atoms with Crippen LogP contribution in [0.1, 0.15) is 36.5 Å². The van der Waals surface area contributed by atoms with Crippen molar-refractivity contribution in [2.24, 2.45) is 0 Å². The minimum atomic E-state index is 0.117. The third-order valence-corrected chi connectivity index (χ3v) is 3.41. The van der Waals surface area contributed by atoms with Crippen LogP contribution in [0.15, 0.2) is 18.2 Å². The third kappa shape index (κ3) is 5.67. The van der Waals surface area contributed by atoms with Gasteiger partial charge in [0.2, 0.25) is 5.91 Å². The third-order valence-electron chi connectivity index (χ3n) is 2.96. The Morgan fingerprint density at radius 1 is 1.39 bits per heavy atom. The van der Waals surface area contributed by atoms with Gasteiger partial charge in [0.15, 0.2) is 0 Å². The van der Waals surface area contributed by atoms with Crippen molar-refractivity contribution in [2.75, 3.05) is 6.54 Å². The van der Waals surface area contributed by atoms with E-state index in [1.54, 1.807) is 0 Å². The molecule has 0 spiro atoms. The number of rotatable bonds is 6. The van der Waals surface area contributed by atoms with Crippen molar-refractivity contribution in [3.8, 4) is 0 Å². The molecule has 0 fully saturated rings. The standard InChI is InChI=1S/C15H22BrNO/c1-11-6-7-12(2)14(9-11)10-15(18)17-8-4-5-13(3)16/h6-7,9,13H,4-5,8,10H2,1-3H3,(H,17,18). The molecule has 0 aliphatic rings. The van der Waals surface area contributed by atoms with E-state index in [2.05, 4.69) is 60.2 Å². The second-order valence-electron chi connectivity index (χ2n) is 4.88. The average Bonchev–Trinajstić information content (AvgIpc) is 2.29. The fraction of sp³-hybridized carbons (Fsp3) is 0.533. The molecule has 0 saturated heterocycles. The second kappa shape index (κ2) is 7.57. The van der Waals surface area contributed by atoms with Crippen LogP contribution in [-0.4, -0.2) is 17.3 Å². The van der Waals surface area contributed by atoms with E-state index in [4.69, 9.17) is 0 Å². The molecular weight excluding hydrogens is 290 g/mol. The summed E-state index contributed by atoms with van der Waals surface area (Å²) >= 11 is 3.50. The van der Waals surface area contributed by atoms with E-state index in [9.17, 15) is 4.79 Å². The number of alkyl halides is 1. The molecule has 0 aromatic heterocycles. The molecular formula is C15H22BrNO. The van der Waals surface area contributed by atoms with E-state index in [1.807, 2.05) is 0 Å². The fourth-order valence-corrected chi connectivity index (χ4v) is 2.16. The quantitative estimate of drug-likeness (QED) is 0.632. The maximum atomic E-state index is 11.8. The molecule has 1 rings (SSSR count). The Morgan fingerprint density at radius 2 is 2.11 bits per heavy atom. The average molecular weight is 312 g/mol. The van der Waals surface area contributed by atoms with Crippen molar-refractivity contribution in [3.63, 3.8) is 0 Å². The molecule has 1 atom stereocenters. The summed E-state index contributed by atoms with van der Waals surface area (Å²) in [5, 5.41) is 2.97. The monoisotopic (exact) mass is 311 g/mol. The lowest BCUT2D eigenvalue weighted by Crippen LogP contribution is -2.26. The van der Waals surface area contributed by atoms with E-state index >= 15 is 0 Å². The van der Waals surface area contributed by atoms with Crippen molar-refractivity contribution in [1.82, 2.24) is 5.32 Å². The molecule has 0 aliphatic carbocycles. The lowest BCUT2D eigenvalue weighted by molar-refractivity contribution is -0.120. The van der Waals surface area contributed by atoms with Gasteiger partial charge in [-0.2, -0.15) is 0 Å². The Bertz CT molecular complexity index is 401. The summed E-state index contributed by atoms with van der Waals surface area (Å²) in [4.78, 5) is 12.3. The predicted molar refractivity (Wildman–Crippen MR) is 80.3 cm³/mol. The number of amides is 1. The van der Waals surface area contributed by atoms with Crippen LogP contribution < -0.4 is 5.32 Å². The first kappa shape index (κ1) is 15.2. The summed E-state index contributed by atoms with van der Waals surface area (Å²) < 4.78 is 0. The van der Waals surface area contributed by atoms with Gasteiger partial charge in [-0.15, -0.1) is 0 Å². The van der Waals surface area contributed by atoms with Crippen molar-refractivity contribution in [1.29, 1.82) is 0 Å². The molecule has 18 heavy (non-hydrogen) atoms. The van der Waals surface area contributed by atoms with Gasteiger partial charge < -0.3 is 5.32 Å². The van der Waals surface area contributed by atoms with Gasteiger partial charge in [0.25, 0.3) is 0 Å². The number of aryl methyl sites for hydroxylation is 2. The summed E-state index contributed by atoms with van der Waals surface area (Å²) in [5.41, 5.74) is 3.52. The van der Waals surface area contributed by atoms with Crippen molar-refractivity contribution in [3.05, 3.63) is 34.9 Å². The van der Waals surface area contributed by atoms with Gasteiger partial charge in [0.05, 0.1) is 6.42 Å². The Balaban J connectivity index is 2.38. The summed E-state index contributed by atoms with van der Waals surface area (Å²) in [5.74, 6) is 0.117. The number of benzene rings is 1. The molecule has 0 bridgehead atoms. The summed E-state index contributed by atoms with van der Waals surface area (Å²) in [7, 11) is 0. The van der Waals surface area contributed by atoms with Gasteiger partial charge >= 0.3 is 0 Å². The molecule has 1 aromatic carbocycles. The largest absolute Gasteiger partial charge is 0.356 e. The van der Waals surface area contributed by atoms with Gasteiger partial charge in [-0.3, -0.25) is 4.79 Å².